The van der Waals surface area contributed by atoms with E-state index in [-0.39, 0.29) is 11.7 Å². The van der Waals surface area contributed by atoms with Crippen molar-refractivity contribution in [2.75, 3.05) is 0 Å². The average molecular weight is 459 g/mol. The second kappa shape index (κ2) is 9.74. The van der Waals surface area contributed by atoms with Gasteiger partial charge in [-0.25, -0.2) is 5.43 Å². The highest BCUT2D eigenvalue weighted by Crippen LogP contribution is 2.29. The Hall–Kier alpha value is -4.20. The van der Waals surface area contributed by atoms with Crippen molar-refractivity contribution in [1.29, 1.82) is 0 Å². The molecule has 0 atom stereocenters. The first-order chi connectivity index (χ1) is 16.3. The van der Waals surface area contributed by atoms with Crippen molar-refractivity contribution in [2.45, 2.75) is 40.0 Å². The molecule has 0 fully saturated rings. The third-order valence-corrected chi connectivity index (χ3v) is 5.74. The minimum absolute atomic E-state index is 0.105. The zero-order chi connectivity index (χ0) is 24.2. The number of nitrogens with zero attached hydrogens (tertiary/aromatic N) is 1. The molecule has 1 aliphatic carbocycles. The van der Waals surface area contributed by atoms with Crippen LogP contribution in [0.3, 0.4) is 0 Å². The number of fused-ring (bicyclic) bond motifs is 1. The van der Waals surface area contributed by atoms with Gasteiger partial charge in [0.1, 0.15) is 5.76 Å². The Morgan fingerprint density at radius 1 is 0.765 bits per heavy atom. The summed E-state index contributed by atoms with van der Waals surface area (Å²) in [6.45, 7) is 5.65. The highest BCUT2D eigenvalue weighted by molar-refractivity contribution is 6.07. The minimum Gasteiger partial charge on any atom is -0.455 e. The van der Waals surface area contributed by atoms with Crippen LogP contribution in [0.5, 0.6) is 0 Å². The highest BCUT2D eigenvalue weighted by atomic mass is 16.4. The first-order valence-corrected chi connectivity index (χ1v) is 11.1. The van der Waals surface area contributed by atoms with Gasteiger partial charge in [-0.3, -0.25) is 25.2 Å². The number of nitrogens with one attached hydrogen (secondary N) is 3. The van der Waals surface area contributed by atoms with E-state index in [9.17, 15) is 14.4 Å². The molecule has 0 bridgehead atoms. The number of hydrogen-bond acceptors (Lipinski definition) is 5. The molecule has 0 radical (unpaired) electrons. The van der Waals surface area contributed by atoms with E-state index in [0.717, 1.165) is 23.1 Å². The fourth-order valence-corrected chi connectivity index (χ4v) is 3.83. The largest absolute Gasteiger partial charge is 0.455 e. The lowest BCUT2D eigenvalue weighted by atomic mass is 9.93. The first kappa shape index (κ1) is 23.0. The summed E-state index contributed by atoms with van der Waals surface area (Å²) >= 11 is 0. The number of carbonyl (C=O) groups is 3. The predicted octanol–water partition coefficient (Wildman–Crippen LogP) is 3.75. The van der Waals surface area contributed by atoms with Crippen molar-refractivity contribution in [1.82, 2.24) is 16.3 Å². The van der Waals surface area contributed by atoms with Crippen LogP contribution in [-0.4, -0.2) is 23.4 Å². The molecular formula is C26H26N4O4. The molecule has 0 spiro atoms. The van der Waals surface area contributed by atoms with Crippen molar-refractivity contribution in [2.24, 2.45) is 5.10 Å². The Balaban J connectivity index is 1.47. The van der Waals surface area contributed by atoms with Crippen LogP contribution in [0.2, 0.25) is 0 Å². The van der Waals surface area contributed by atoms with Gasteiger partial charge in [0.2, 0.25) is 0 Å². The van der Waals surface area contributed by atoms with Gasteiger partial charge in [0.15, 0.2) is 5.76 Å². The van der Waals surface area contributed by atoms with Crippen molar-refractivity contribution >= 4 is 23.4 Å². The standard InChI is InChI=1S/C26H26N4O4/c1-15-7-11-18(12-8-15)24(31)28-27-20-5-4-6-21-22(20)17(3)23(34-21)26(33)30-29-25(32)19-13-9-16(2)10-14-19/h7-14H,4-6H2,1-3H3,(H,28,31)(H,29,32)(H,30,33)/b27-20+. The van der Waals surface area contributed by atoms with Crippen LogP contribution in [0, 0.1) is 20.8 Å². The molecule has 1 aromatic heterocycles. The first-order valence-electron chi connectivity index (χ1n) is 11.1. The summed E-state index contributed by atoms with van der Waals surface area (Å²) in [4.78, 5) is 37.5. The summed E-state index contributed by atoms with van der Waals surface area (Å²) in [5.74, 6) is -0.549. The molecule has 1 aliphatic rings. The molecule has 4 rings (SSSR count). The topological polar surface area (TPSA) is 113 Å². The number of hydrogen-bond donors (Lipinski definition) is 3. The number of aryl methyl sites for hydroxylation is 3. The zero-order valence-electron chi connectivity index (χ0n) is 19.3. The molecule has 1 heterocycles. The molecule has 3 N–H and O–H groups in total. The second-order valence-corrected chi connectivity index (χ2v) is 8.35. The predicted molar refractivity (Wildman–Crippen MR) is 128 cm³/mol. The average Bonchev–Trinajstić information content (AvgIpc) is 3.18. The Kier molecular flexibility index (Phi) is 6.58. The highest BCUT2D eigenvalue weighted by Gasteiger charge is 2.28. The number of furan rings is 1. The van der Waals surface area contributed by atoms with Gasteiger partial charge >= 0.3 is 5.91 Å². The lowest BCUT2D eigenvalue weighted by Crippen LogP contribution is -2.41. The second-order valence-electron chi connectivity index (χ2n) is 8.35. The summed E-state index contributed by atoms with van der Waals surface area (Å²) in [6, 6.07) is 14.2. The summed E-state index contributed by atoms with van der Waals surface area (Å²) in [5.41, 5.74) is 12.5. The number of carbonyl (C=O) groups excluding carboxylic acids is 3. The van der Waals surface area contributed by atoms with E-state index >= 15 is 0 Å². The number of benzene rings is 2. The molecule has 34 heavy (non-hydrogen) atoms. The van der Waals surface area contributed by atoms with E-state index in [4.69, 9.17) is 4.42 Å². The van der Waals surface area contributed by atoms with Crippen molar-refractivity contribution in [3.05, 3.63) is 93.4 Å². The molecule has 3 amide bonds. The SMILES string of the molecule is Cc1ccc(C(=O)N/N=C2\CCCc3oc(C(=O)NNC(=O)c4ccc(C)cc4)c(C)c32)cc1. The third kappa shape index (κ3) is 4.91. The number of amides is 3. The molecule has 0 unspecified atom stereocenters. The lowest BCUT2D eigenvalue weighted by Gasteiger charge is -2.13. The van der Waals surface area contributed by atoms with E-state index in [1.165, 1.54) is 0 Å². The summed E-state index contributed by atoms with van der Waals surface area (Å²) in [7, 11) is 0. The Morgan fingerprint density at radius 3 is 1.94 bits per heavy atom. The zero-order valence-corrected chi connectivity index (χ0v) is 19.3. The maximum Gasteiger partial charge on any atom is 0.305 e. The molecular weight excluding hydrogens is 432 g/mol. The van der Waals surface area contributed by atoms with Crippen LogP contribution >= 0.6 is 0 Å². The van der Waals surface area contributed by atoms with E-state index in [0.29, 0.717) is 41.0 Å². The smallest absolute Gasteiger partial charge is 0.305 e. The van der Waals surface area contributed by atoms with Crippen LogP contribution in [0.25, 0.3) is 0 Å². The number of rotatable bonds is 4. The Bertz CT molecular complexity index is 1270. The lowest BCUT2D eigenvalue weighted by molar-refractivity contribution is 0.0829. The van der Waals surface area contributed by atoms with Gasteiger partial charge in [0, 0.05) is 28.7 Å². The number of hydrazone groups is 1. The van der Waals surface area contributed by atoms with Gasteiger partial charge in [-0.1, -0.05) is 35.4 Å². The quantitative estimate of drug-likeness (QED) is 0.517. The summed E-state index contributed by atoms with van der Waals surface area (Å²) in [6.07, 6.45) is 2.08. The number of hydrazine groups is 1. The van der Waals surface area contributed by atoms with Crippen LogP contribution in [-0.2, 0) is 6.42 Å². The van der Waals surface area contributed by atoms with E-state index in [1.54, 1.807) is 31.2 Å². The Labute approximate surface area is 197 Å². The fraction of sp³-hybridized carbons (Fsp3) is 0.231. The van der Waals surface area contributed by atoms with Gasteiger partial charge in [0.25, 0.3) is 11.8 Å². The molecule has 2 aromatic carbocycles. The van der Waals surface area contributed by atoms with Gasteiger partial charge in [-0.05, 0) is 57.9 Å². The molecule has 8 nitrogen and oxygen atoms in total. The van der Waals surface area contributed by atoms with Crippen molar-refractivity contribution < 1.29 is 18.8 Å². The third-order valence-electron chi connectivity index (χ3n) is 5.74. The minimum atomic E-state index is -0.560. The molecule has 0 aliphatic heterocycles. The van der Waals surface area contributed by atoms with Crippen LogP contribution in [0.1, 0.15) is 72.1 Å². The monoisotopic (exact) mass is 458 g/mol. The molecule has 0 saturated carbocycles. The Morgan fingerprint density at radius 2 is 1.32 bits per heavy atom. The van der Waals surface area contributed by atoms with Crippen LogP contribution in [0.15, 0.2) is 58.0 Å². The molecule has 174 valence electrons. The van der Waals surface area contributed by atoms with Crippen molar-refractivity contribution in [3.8, 4) is 0 Å². The molecule has 3 aromatic rings. The van der Waals surface area contributed by atoms with Crippen LogP contribution < -0.4 is 16.3 Å². The van der Waals surface area contributed by atoms with Gasteiger partial charge < -0.3 is 4.42 Å². The fourth-order valence-electron chi connectivity index (χ4n) is 3.83. The van der Waals surface area contributed by atoms with E-state index < -0.39 is 11.8 Å². The van der Waals surface area contributed by atoms with E-state index in [2.05, 4.69) is 21.4 Å². The normalized spacial score (nSPS) is 13.8. The maximum atomic E-state index is 12.7. The maximum absolute atomic E-state index is 12.7. The summed E-state index contributed by atoms with van der Waals surface area (Å²) in [5, 5.41) is 4.33. The van der Waals surface area contributed by atoms with Gasteiger partial charge in [-0.2, -0.15) is 5.10 Å². The van der Waals surface area contributed by atoms with E-state index in [1.807, 2.05) is 38.1 Å². The molecule has 8 heteroatoms. The van der Waals surface area contributed by atoms with Crippen molar-refractivity contribution in [3.63, 3.8) is 0 Å². The molecule has 0 saturated heterocycles. The summed E-state index contributed by atoms with van der Waals surface area (Å²) < 4.78 is 5.83. The van der Waals surface area contributed by atoms with Crippen LogP contribution in [0.4, 0.5) is 0 Å². The van der Waals surface area contributed by atoms with Gasteiger partial charge in [0.05, 0.1) is 5.71 Å². The van der Waals surface area contributed by atoms with Gasteiger partial charge in [-0.15, -0.1) is 0 Å².